The van der Waals surface area contributed by atoms with Gasteiger partial charge in [0.2, 0.25) is 0 Å². The van der Waals surface area contributed by atoms with Crippen LogP contribution in [0.4, 0.5) is 0 Å². The van der Waals surface area contributed by atoms with Crippen LogP contribution in [0.1, 0.15) is 49.9 Å². The monoisotopic (exact) mass is 716 g/mol. The average molecular weight is 717 g/mol. The maximum atomic E-state index is 5.31. The molecule has 2 aliphatic carbocycles. The Bertz CT molecular complexity index is 3080. The van der Waals surface area contributed by atoms with E-state index in [2.05, 4.69) is 191 Å². The molecule has 266 valence electrons. The summed E-state index contributed by atoms with van der Waals surface area (Å²) in [5.41, 5.74) is 18.1. The van der Waals surface area contributed by atoms with Crippen molar-refractivity contribution < 1.29 is 0 Å². The van der Waals surface area contributed by atoms with Gasteiger partial charge in [0.25, 0.3) is 0 Å². The fraction of sp³-hybridized carbons (Fsp3) is 0.111. The molecule has 9 aromatic rings. The van der Waals surface area contributed by atoms with Crippen molar-refractivity contribution >= 4 is 21.5 Å². The number of aromatic nitrogens is 2. The quantitative estimate of drug-likeness (QED) is 0.181. The molecule has 0 amide bonds. The van der Waals surface area contributed by atoms with E-state index in [1.54, 1.807) is 0 Å². The van der Waals surface area contributed by atoms with Gasteiger partial charge in [0.15, 0.2) is 5.82 Å². The number of benzene rings is 8. The number of fused-ring (bicyclic) bond motifs is 8. The van der Waals surface area contributed by atoms with E-state index in [0.29, 0.717) is 0 Å². The lowest BCUT2D eigenvalue weighted by Crippen LogP contribution is -2.14. The van der Waals surface area contributed by atoms with Gasteiger partial charge in [-0.05, 0) is 101 Å². The standard InChI is InChI=1S/C54H40N2/c1-53(2)45-23-13-12-21-40(45)43-30-36(25-28-46(43)53)49-32-50(56-52(55-49)33-15-6-5-7-16-33)41-27-26-39(37-19-10-11-20-38(37)41)42-22-14-24-47-51(42)44-29-34-17-8-9-18-35(34)31-48(44)54(47,3)4/h5-32H,1-4H3. The molecule has 0 aliphatic heterocycles. The van der Waals surface area contributed by atoms with E-state index in [0.717, 1.165) is 33.9 Å². The van der Waals surface area contributed by atoms with Crippen LogP contribution < -0.4 is 0 Å². The van der Waals surface area contributed by atoms with Crippen molar-refractivity contribution in [2.24, 2.45) is 0 Å². The molecule has 0 atom stereocenters. The number of hydrogen-bond donors (Lipinski definition) is 0. The van der Waals surface area contributed by atoms with Gasteiger partial charge in [-0.25, -0.2) is 9.97 Å². The van der Waals surface area contributed by atoms with Crippen LogP contribution >= 0.6 is 0 Å². The molecular weight excluding hydrogens is 677 g/mol. The highest BCUT2D eigenvalue weighted by Gasteiger charge is 2.38. The van der Waals surface area contributed by atoms with Crippen molar-refractivity contribution in [2.75, 3.05) is 0 Å². The molecule has 56 heavy (non-hydrogen) atoms. The van der Waals surface area contributed by atoms with Crippen molar-refractivity contribution in [1.29, 1.82) is 0 Å². The molecule has 0 saturated carbocycles. The minimum Gasteiger partial charge on any atom is -0.228 e. The number of nitrogens with zero attached hydrogens (tertiary/aromatic N) is 2. The van der Waals surface area contributed by atoms with E-state index in [1.807, 2.05) is 6.07 Å². The van der Waals surface area contributed by atoms with E-state index in [-0.39, 0.29) is 10.8 Å². The molecule has 2 nitrogen and oxygen atoms in total. The molecule has 0 bridgehead atoms. The third-order valence-electron chi connectivity index (χ3n) is 12.7. The summed E-state index contributed by atoms with van der Waals surface area (Å²) >= 11 is 0. The van der Waals surface area contributed by atoms with Crippen LogP contribution in [0.3, 0.4) is 0 Å². The van der Waals surface area contributed by atoms with Crippen molar-refractivity contribution in [3.63, 3.8) is 0 Å². The summed E-state index contributed by atoms with van der Waals surface area (Å²) < 4.78 is 0. The molecule has 8 aromatic carbocycles. The van der Waals surface area contributed by atoms with Gasteiger partial charge in [0, 0.05) is 27.5 Å². The summed E-state index contributed by atoms with van der Waals surface area (Å²) in [6.07, 6.45) is 0. The maximum absolute atomic E-state index is 5.31. The topological polar surface area (TPSA) is 25.8 Å². The summed E-state index contributed by atoms with van der Waals surface area (Å²) in [6.45, 7) is 9.39. The Labute approximate surface area is 328 Å². The Balaban J connectivity index is 1.11. The lowest BCUT2D eigenvalue weighted by atomic mass is 9.81. The van der Waals surface area contributed by atoms with Gasteiger partial charge >= 0.3 is 0 Å². The lowest BCUT2D eigenvalue weighted by Gasteiger charge is -2.22. The highest BCUT2D eigenvalue weighted by atomic mass is 14.9. The largest absolute Gasteiger partial charge is 0.228 e. The van der Waals surface area contributed by atoms with Crippen LogP contribution in [0, 0.1) is 0 Å². The van der Waals surface area contributed by atoms with E-state index in [9.17, 15) is 0 Å². The second-order valence-corrected chi connectivity index (χ2v) is 16.6. The number of hydrogen-bond acceptors (Lipinski definition) is 2. The van der Waals surface area contributed by atoms with Gasteiger partial charge in [-0.15, -0.1) is 0 Å². The second-order valence-electron chi connectivity index (χ2n) is 16.6. The molecule has 0 spiro atoms. The first-order chi connectivity index (χ1) is 27.3. The van der Waals surface area contributed by atoms with E-state index in [4.69, 9.17) is 9.97 Å². The number of rotatable bonds is 4. The summed E-state index contributed by atoms with van der Waals surface area (Å²) in [4.78, 5) is 10.6. The molecule has 2 aliphatic rings. The molecular formula is C54H40N2. The molecule has 0 N–H and O–H groups in total. The fourth-order valence-electron chi connectivity index (χ4n) is 9.78. The molecule has 1 heterocycles. The zero-order valence-electron chi connectivity index (χ0n) is 32.1. The van der Waals surface area contributed by atoms with Crippen molar-refractivity contribution in [3.8, 4) is 67.3 Å². The molecule has 1 aromatic heterocycles. The molecule has 2 heteroatoms. The summed E-state index contributed by atoms with van der Waals surface area (Å²) in [5, 5.41) is 4.95. The van der Waals surface area contributed by atoms with Gasteiger partial charge in [-0.2, -0.15) is 0 Å². The first-order valence-corrected chi connectivity index (χ1v) is 19.7. The smallest absolute Gasteiger partial charge is 0.160 e. The predicted octanol–water partition coefficient (Wildman–Crippen LogP) is 14.1. The van der Waals surface area contributed by atoms with Crippen molar-refractivity contribution in [3.05, 3.63) is 192 Å². The summed E-state index contributed by atoms with van der Waals surface area (Å²) in [6, 6.07) is 62.1. The third-order valence-corrected chi connectivity index (χ3v) is 12.7. The Morgan fingerprint density at radius 2 is 0.946 bits per heavy atom. The summed E-state index contributed by atoms with van der Waals surface area (Å²) in [7, 11) is 0. The fourth-order valence-corrected chi connectivity index (χ4v) is 9.78. The predicted molar refractivity (Wildman–Crippen MR) is 234 cm³/mol. The molecule has 0 unspecified atom stereocenters. The van der Waals surface area contributed by atoms with Crippen LogP contribution in [0.2, 0.25) is 0 Å². The van der Waals surface area contributed by atoms with Crippen LogP contribution in [-0.2, 0) is 10.8 Å². The second kappa shape index (κ2) is 11.9. The van der Waals surface area contributed by atoms with Gasteiger partial charge in [0.05, 0.1) is 11.4 Å². The van der Waals surface area contributed by atoms with Gasteiger partial charge < -0.3 is 0 Å². The SMILES string of the molecule is CC1(C)c2ccccc2-c2cc(-c3cc(-c4ccc(-c5cccc6c5-c5cc7ccccc7cc5C6(C)C)c5ccccc45)nc(-c4ccccc4)n3)ccc21. The minimum atomic E-state index is -0.110. The Hall–Kier alpha value is -6.64. The third kappa shape index (κ3) is 4.75. The molecule has 0 radical (unpaired) electrons. The normalized spacial score (nSPS) is 14.4. The van der Waals surface area contributed by atoms with Crippen LogP contribution in [0.25, 0.3) is 88.8 Å². The van der Waals surface area contributed by atoms with E-state index in [1.165, 1.54) is 77.2 Å². The lowest BCUT2D eigenvalue weighted by molar-refractivity contribution is 0.660. The van der Waals surface area contributed by atoms with Crippen molar-refractivity contribution in [2.45, 2.75) is 38.5 Å². The summed E-state index contributed by atoms with van der Waals surface area (Å²) in [5.74, 6) is 0.722. The van der Waals surface area contributed by atoms with Crippen LogP contribution in [-0.4, -0.2) is 9.97 Å². The maximum Gasteiger partial charge on any atom is 0.160 e. The Morgan fingerprint density at radius 3 is 1.77 bits per heavy atom. The molecule has 11 rings (SSSR count). The van der Waals surface area contributed by atoms with Crippen molar-refractivity contribution in [1.82, 2.24) is 9.97 Å². The molecule has 0 fully saturated rings. The highest BCUT2D eigenvalue weighted by molar-refractivity contribution is 6.08. The minimum absolute atomic E-state index is 0.0539. The first kappa shape index (κ1) is 32.8. The van der Waals surface area contributed by atoms with E-state index >= 15 is 0 Å². The highest BCUT2D eigenvalue weighted by Crippen LogP contribution is 2.54. The zero-order valence-corrected chi connectivity index (χ0v) is 32.1. The van der Waals surface area contributed by atoms with Gasteiger partial charge in [-0.3, -0.25) is 0 Å². The zero-order chi connectivity index (χ0) is 37.8. The van der Waals surface area contributed by atoms with E-state index < -0.39 is 0 Å². The van der Waals surface area contributed by atoms with Gasteiger partial charge in [-0.1, -0.05) is 173 Å². The van der Waals surface area contributed by atoms with Crippen LogP contribution in [0.15, 0.2) is 170 Å². The molecule has 0 saturated heterocycles. The first-order valence-electron chi connectivity index (χ1n) is 19.7. The van der Waals surface area contributed by atoms with Crippen LogP contribution in [0.5, 0.6) is 0 Å². The average Bonchev–Trinajstić information content (AvgIpc) is 3.61. The Morgan fingerprint density at radius 1 is 0.339 bits per heavy atom. The van der Waals surface area contributed by atoms with Gasteiger partial charge in [0.1, 0.15) is 0 Å². The Kier molecular flexibility index (Phi) is 6.98.